The maximum absolute atomic E-state index is 13.1. The number of ether oxygens (including phenoxy) is 1. The number of aryl methyl sites for hydroxylation is 1. The smallest absolute Gasteiger partial charge is 0.338 e. The minimum absolute atomic E-state index is 0.0149. The molecule has 0 spiro atoms. The number of ketones is 2. The SMILES string of the molecule is CC(=O)c1c(C)[nH]c(C(=O)COC(=O)c2ccc(Cl)c(S(=O)(=O)N3CCCCCC3)c2)c1C. The van der Waals surface area contributed by atoms with Crippen molar-refractivity contribution in [2.24, 2.45) is 0 Å². The predicted octanol–water partition coefficient (Wildman–Crippen LogP) is 4.09. The predicted molar refractivity (Wildman–Crippen MR) is 124 cm³/mol. The van der Waals surface area contributed by atoms with E-state index in [0.29, 0.717) is 29.9 Å². The minimum atomic E-state index is -3.87. The number of carbonyl (C=O) groups is 3. The van der Waals surface area contributed by atoms with E-state index in [2.05, 4.69) is 4.98 Å². The maximum atomic E-state index is 13.1. The monoisotopic (exact) mass is 494 g/mol. The molecule has 3 rings (SSSR count). The number of aromatic nitrogens is 1. The lowest BCUT2D eigenvalue weighted by Crippen LogP contribution is -2.32. The van der Waals surface area contributed by atoms with Gasteiger partial charge in [0.2, 0.25) is 15.8 Å². The Balaban J connectivity index is 1.77. The average molecular weight is 495 g/mol. The lowest BCUT2D eigenvalue weighted by atomic mass is 10.1. The quantitative estimate of drug-likeness (QED) is 0.458. The topological polar surface area (TPSA) is 114 Å². The molecule has 0 radical (unpaired) electrons. The number of esters is 1. The van der Waals surface area contributed by atoms with E-state index in [0.717, 1.165) is 25.7 Å². The molecule has 0 bridgehead atoms. The number of benzene rings is 1. The lowest BCUT2D eigenvalue weighted by Gasteiger charge is -2.21. The van der Waals surface area contributed by atoms with Crippen LogP contribution in [0, 0.1) is 13.8 Å². The largest absolute Gasteiger partial charge is 0.454 e. The molecule has 0 aliphatic carbocycles. The Hall–Kier alpha value is -2.49. The Bertz CT molecular complexity index is 1190. The summed E-state index contributed by atoms with van der Waals surface area (Å²) in [5, 5.41) is 0.0149. The summed E-state index contributed by atoms with van der Waals surface area (Å²) in [4.78, 5) is 39.6. The van der Waals surface area contributed by atoms with Crippen molar-refractivity contribution in [3.8, 4) is 0 Å². The van der Waals surface area contributed by atoms with Gasteiger partial charge in [-0.15, -0.1) is 0 Å². The van der Waals surface area contributed by atoms with Crippen molar-refractivity contribution in [2.75, 3.05) is 19.7 Å². The third-order valence-electron chi connectivity index (χ3n) is 5.75. The molecular weight excluding hydrogens is 468 g/mol. The maximum Gasteiger partial charge on any atom is 0.338 e. The van der Waals surface area contributed by atoms with Crippen molar-refractivity contribution >= 4 is 39.2 Å². The number of hydrogen-bond acceptors (Lipinski definition) is 6. The van der Waals surface area contributed by atoms with E-state index < -0.39 is 28.4 Å². The van der Waals surface area contributed by atoms with Crippen LogP contribution in [-0.4, -0.2) is 54.9 Å². The Labute approximate surface area is 198 Å². The molecule has 1 aliphatic rings. The van der Waals surface area contributed by atoms with Crippen LogP contribution in [0.25, 0.3) is 0 Å². The van der Waals surface area contributed by atoms with E-state index >= 15 is 0 Å². The number of halogens is 1. The number of hydrogen-bond donors (Lipinski definition) is 1. The molecule has 1 aliphatic heterocycles. The minimum Gasteiger partial charge on any atom is -0.454 e. The van der Waals surface area contributed by atoms with Crippen LogP contribution in [0.3, 0.4) is 0 Å². The van der Waals surface area contributed by atoms with Crippen molar-refractivity contribution in [3.63, 3.8) is 0 Å². The molecule has 0 amide bonds. The number of Topliss-reactive ketones (excluding diaryl/α,β-unsaturated/α-hetero) is 2. The van der Waals surface area contributed by atoms with Gasteiger partial charge in [-0.3, -0.25) is 9.59 Å². The van der Waals surface area contributed by atoms with Crippen molar-refractivity contribution < 1.29 is 27.5 Å². The highest BCUT2D eigenvalue weighted by atomic mass is 35.5. The molecule has 33 heavy (non-hydrogen) atoms. The highest BCUT2D eigenvalue weighted by Crippen LogP contribution is 2.28. The van der Waals surface area contributed by atoms with Gasteiger partial charge in [-0.05, 0) is 57.4 Å². The Morgan fingerprint density at radius 2 is 1.73 bits per heavy atom. The van der Waals surface area contributed by atoms with Crippen LogP contribution in [0.15, 0.2) is 23.1 Å². The Kier molecular flexibility index (Phi) is 7.76. The molecular formula is C23H27ClN2O6S. The number of nitrogens with zero attached hydrogens (tertiary/aromatic N) is 1. The molecule has 1 saturated heterocycles. The summed E-state index contributed by atoms with van der Waals surface area (Å²) < 4.78 is 32.8. The van der Waals surface area contributed by atoms with Crippen LogP contribution in [-0.2, 0) is 14.8 Å². The molecule has 2 aromatic rings. The second kappa shape index (κ2) is 10.2. The van der Waals surface area contributed by atoms with Crippen LogP contribution in [0.1, 0.15) is 75.1 Å². The fourth-order valence-corrected chi connectivity index (χ4v) is 6.11. The van der Waals surface area contributed by atoms with E-state index in [1.165, 1.54) is 29.4 Å². The zero-order valence-electron chi connectivity index (χ0n) is 18.9. The molecule has 178 valence electrons. The van der Waals surface area contributed by atoms with Gasteiger partial charge in [-0.2, -0.15) is 4.31 Å². The number of carbonyl (C=O) groups excluding carboxylic acids is 3. The van der Waals surface area contributed by atoms with Gasteiger partial charge in [0.1, 0.15) is 4.90 Å². The van der Waals surface area contributed by atoms with Gasteiger partial charge in [0.25, 0.3) is 0 Å². The first kappa shape index (κ1) is 25.1. The number of aromatic amines is 1. The van der Waals surface area contributed by atoms with Crippen molar-refractivity contribution in [1.29, 1.82) is 0 Å². The highest BCUT2D eigenvalue weighted by molar-refractivity contribution is 7.89. The van der Waals surface area contributed by atoms with E-state index in [1.54, 1.807) is 13.8 Å². The summed E-state index contributed by atoms with van der Waals surface area (Å²) >= 11 is 6.17. The van der Waals surface area contributed by atoms with Gasteiger partial charge in [0.15, 0.2) is 12.4 Å². The van der Waals surface area contributed by atoms with E-state index in [1.807, 2.05) is 0 Å². The summed E-state index contributed by atoms with van der Waals surface area (Å²) in [6.45, 7) is 4.99. The second-order valence-electron chi connectivity index (χ2n) is 8.14. The summed E-state index contributed by atoms with van der Waals surface area (Å²) in [6, 6.07) is 3.88. The third-order valence-corrected chi connectivity index (χ3v) is 8.13. The normalized spacial score (nSPS) is 15.2. The fourth-order valence-electron chi connectivity index (χ4n) is 4.09. The molecule has 1 aromatic heterocycles. The molecule has 2 heterocycles. The van der Waals surface area contributed by atoms with Gasteiger partial charge < -0.3 is 9.72 Å². The van der Waals surface area contributed by atoms with Gasteiger partial charge >= 0.3 is 5.97 Å². The first-order valence-corrected chi connectivity index (χ1v) is 12.6. The molecule has 1 N–H and O–H groups in total. The number of H-pyrrole nitrogens is 1. The molecule has 0 saturated carbocycles. The standard InChI is InChI=1S/C23H27ClN2O6S/c1-14-21(16(3)27)15(2)25-22(14)19(28)13-32-23(29)17-8-9-18(24)20(12-17)33(30,31)26-10-6-4-5-7-11-26/h8-9,12,25H,4-7,10-11,13H2,1-3H3. The second-order valence-corrected chi connectivity index (χ2v) is 10.5. The zero-order valence-corrected chi connectivity index (χ0v) is 20.4. The molecule has 1 aromatic carbocycles. The van der Waals surface area contributed by atoms with Crippen molar-refractivity contribution in [1.82, 2.24) is 9.29 Å². The zero-order chi connectivity index (χ0) is 24.3. The molecule has 1 fully saturated rings. The number of sulfonamides is 1. The lowest BCUT2D eigenvalue weighted by molar-refractivity contribution is 0.0473. The molecule has 8 nitrogen and oxygen atoms in total. The highest BCUT2D eigenvalue weighted by Gasteiger charge is 2.29. The van der Waals surface area contributed by atoms with Crippen LogP contribution < -0.4 is 0 Å². The number of nitrogens with one attached hydrogen (secondary N) is 1. The Morgan fingerprint density at radius 1 is 1.09 bits per heavy atom. The fraction of sp³-hybridized carbons (Fsp3) is 0.435. The first-order chi connectivity index (χ1) is 15.5. The van der Waals surface area contributed by atoms with Crippen LogP contribution >= 0.6 is 11.6 Å². The van der Waals surface area contributed by atoms with Crippen LogP contribution in [0.4, 0.5) is 0 Å². The van der Waals surface area contributed by atoms with Crippen molar-refractivity contribution in [2.45, 2.75) is 51.3 Å². The summed E-state index contributed by atoms with van der Waals surface area (Å²) in [5.41, 5.74) is 1.68. The Morgan fingerprint density at radius 3 is 2.30 bits per heavy atom. The van der Waals surface area contributed by atoms with E-state index in [9.17, 15) is 22.8 Å². The van der Waals surface area contributed by atoms with Crippen LogP contribution in [0.2, 0.25) is 5.02 Å². The molecule has 10 heteroatoms. The third kappa shape index (κ3) is 5.37. The number of rotatable bonds is 7. The van der Waals surface area contributed by atoms with E-state index in [4.69, 9.17) is 16.3 Å². The summed E-state index contributed by atoms with van der Waals surface area (Å²) in [5.74, 6) is -1.51. The average Bonchev–Trinajstić information content (AvgIpc) is 2.93. The summed E-state index contributed by atoms with van der Waals surface area (Å²) in [6.07, 6.45) is 3.47. The van der Waals surface area contributed by atoms with Gasteiger partial charge in [-0.1, -0.05) is 24.4 Å². The van der Waals surface area contributed by atoms with Gasteiger partial charge in [-0.25, -0.2) is 13.2 Å². The van der Waals surface area contributed by atoms with Gasteiger partial charge in [0, 0.05) is 24.3 Å². The van der Waals surface area contributed by atoms with Crippen molar-refractivity contribution in [3.05, 3.63) is 51.3 Å². The molecule has 0 atom stereocenters. The first-order valence-electron chi connectivity index (χ1n) is 10.7. The van der Waals surface area contributed by atoms with E-state index in [-0.39, 0.29) is 27.0 Å². The summed E-state index contributed by atoms with van der Waals surface area (Å²) in [7, 11) is -3.87. The van der Waals surface area contributed by atoms with Crippen LogP contribution in [0.5, 0.6) is 0 Å². The van der Waals surface area contributed by atoms with Gasteiger partial charge in [0.05, 0.1) is 16.3 Å². The molecule has 0 unspecified atom stereocenters.